The first kappa shape index (κ1) is 17.2. The lowest BCUT2D eigenvalue weighted by atomic mass is 9.90. The second kappa shape index (κ2) is 8.48. The van der Waals surface area contributed by atoms with Crippen LogP contribution < -0.4 is 15.4 Å². The van der Waals surface area contributed by atoms with Gasteiger partial charge >= 0.3 is 5.97 Å². The van der Waals surface area contributed by atoms with Crippen molar-refractivity contribution in [1.29, 1.82) is 0 Å². The van der Waals surface area contributed by atoms with E-state index >= 15 is 0 Å². The number of hydrogen-bond acceptors (Lipinski definition) is 4. The van der Waals surface area contributed by atoms with E-state index in [-0.39, 0.29) is 17.9 Å². The summed E-state index contributed by atoms with van der Waals surface area (Å²) in [5.41, 5.74) is 0.701. The van der Waals surface area contributed by atoms with Gasteiger partial charge in [-0.25, -0.2) is 0 Å². The standard InChI is InChI=1S/C18H24N2O3/c1-13(21)23-17-10-6-3-7-14(17)11-12-18(22)20-16-9-5-4-8-15(16)19-2/h3,6-7,10-12,15-16,19H,4-5,8-9H2,1-2H3,(H,20,22)/b12-11-. The van der Waals surface area contributed by atoms with Crippen molar-refractivity contribution < 1.29 is 14.3 Å². The van der Waals surface area contributed by atoms with Gasteiger partial charge in [-0.3, -0.25) is 9.59 Å². The molecular weight excluding hydrogens is 292 g/mol. The van der Waals surface area contributed by atoms with Crippen LogP contribution in [0.4, 0.5) is 0 Å². The number of ether oxygens (including phenoxy) is 1. The summed E-state index contributed by atoms with van der Waals surface area (Å²) in [7, 11) is 1.93. The number of likely N-dealkylation sites (N-methyl/N-ethyl adjacent to an activating group) is 1. The van der Waals surface area contributed by atoms with E-state index in [9.17, 15) is 9.59 Å². The molecule has 0 saturated heterocycles. The van der Waals surface area contributed by atoms with Crippen LogP contribution in [0.1, 0.15) is 38.2 Å². The van der Waals surface area contributed by atoms with Crippen LogP contribution in [0.25, 0.3) is 6.08 Å². The van der Waals surface area contributed by atoms with Gasteiger partial charge in [0.1, 0.15) is 5.75 Å². The molecule has 0 heterocycles. The minimum Gasteiger partial charge on any atom is -0.426 e. The van der Waals surface area contributed by atoms with Gasteiger partial charge in [-0.2, -0.15) is 0 Å². The Hall–Kier alpha value is -2.14. The van der Waals surface area contributed by atoms with E-state index in [2.05, 4.69) is 10.6 Å². The van der Waals surface area contributed by atoms with Gasteiger partial charge in [0, 0.05) is 30.6 Å². The van der Waals surface area contributed by atoms with Crippen molar-refractivity contribution in [1.82, 2.24) is 10.6 Å². The topological polar surface area (TPSA) is 67.4 Å². The lowest BCUT2D eigenvalue weighted by molar-refractivity contribution is -0.131. The number of carbonyl (C=O) groups excluding carboxylic acids is 2. The minimum atomic E-state index is -0.380. The van der Waals surface area contributed by atoms with Gasteiger partial charge in [0.05, 0.1) is 0 Å². The molecule has 0 aliphatic heterocycles. The van der Waals surface area contributed by atoms with Crippen molar-refractivity contribution in [2.45, 2.75) is 44.7 Å². The second-order valence-electron chi connectivity index (χ2n) is 5.76. The zero-order valence-electron chi connectivity index (χ0n) is 13.7. The summed E-state index contributed by atoms with van der Waals surface area (Å²) in [5.74, 6) is -0.0565. The van der Waals surface area contributed by atoms with Crippen molar-refractivity contribution >= 4 is 18.0 Å². The van der Waals surface area contributed by atoms with Crippen LogP contribution in [0.2, 0.25) is 0 Å². The number of benzene rings is 1. The summed E-state index contributed by atoms with van der Waals surface area (Å²) >= 11 is 0. The van der Waals surface area contributed by atoms with Crippen LogP contribution in [-0.4, -0.2) is 31.0 Å². The van der Waals surface area contributed by atoms with Crippen molar-refractivity contribution in [3.05, 3.63) is 35.9 Å². The first-order valence-electron chi connectivity index (χ1n) is 8.03. The number of nitrogens with one attached hydrogen (secondary N) is 2. The molecule has 23 heavy (non-hydrogen) atoms. The van der Waals surface area contributed by atoms with Crippen molar-refractivity contribution in [2.24, 2.45) is 0 Å². The van der Waals surface area contributed by atoms with Gasteiger partial charge in [-0.15, -0.1) is 0 Å². The fourth-order valence-electron chi connectivity index (χ4n) is 2.91. The molecule has 2 N–H and O–H groups in total. The third-order valence-electron chi connectivity index (χ3n) is 4.05. The Kier molecular flexibility index (Phi) is 6.35. The fourth-order valence-corrected chi connectivity index (χ4v) is 2.91. The molecule has 0 aromatic heterocycles. The third-order valence-corrected chi connectivity index (χ3v) is 4.05. The number of esters is 1. The van der Waals surface area contributed by atoms with Crippen LogP contribution in [-0.2, 0) is 9.59 Å². The number of amides is 1. The molecule has 2 atom stereocenters. The molecule has 1 aromatic rings. The van der Waals surface area contributed by atoms with Gasteiger partial charge in [-0.05, 0) is 32.0 Å². The van der Waals surface area contributed by atoms with E-state index in [1.165, 1.54) is 19.4 Å². The Morgan fingerprint density at radius 1 is 1.17 bits per heavy atom. The monoisotopic (exact) mass is 316 g/mol. The van der Waals surface area contributed by atoms with E-state index in [0.29, 0.717) is 17.4 Å². The highest BCUT2D eigenvalue weighted by Crippen LogP contribution is 2.20. The number of rotatable bonds is 5. The molecule has 0 bridgehead atoms. The molecule has 1 amide bonds. The normalized spacial score (nSPS) is 21.1. The highest BCUT2D eigenvalue weighted by molar-refractivity contribution is 5.92. The van der Waals surface area contributed by atoms with Gasteiger partial charge in [0.25, 0.3) is 0 Å². The summed E-state index contributed by atoms with van der Waals surface area (Å²) in [6.45, 7) is 1.36. The number of hydrogen-bond donors (Lipinski definition) is 2. The summed E-state index contributed by atoms with van der Waals surface area (Å²) < 4.78 is 5.13. The lowest BCUT2D eigenvalue weighted by Crippen LogP contribution is -2.50. The molecule has 5 heteroatoms. The maximum absolute atomic E-state index is 12.1. The Bertz CT molecular complexity index is 583. The van der Waals surface area contributed by atoms with Crippen LogP contribution in [0.15, 0.2) is 30.3 Å². The number of carbonyl (C=O) groups is 2. The lowest BCUT2D eigenvalue weighted by Gasteiger charge is -2.31. The average Bonchev–Trinajstić information content (AvgIpc) is 2.54. The highest BCUT2D eigenvalue weighted by atomic mass is 16.5. The van der Waals surface area contributed by atoms with E-state index in [1.54, 1.807) is 24.3 Å². The first-order valence-corrected chi connectivity index (χ1v) is 8.03. The number of para-hydroxylation sites is 1. The van der Waals surface area contributed by atoms with E-state index in [1.807, 2.05) is 13.1 Å². The Morgan fingerprint density at radius 2 is 1.87 bits per heavy atom. The average molecular weight is 316 g/mol. The first-order chi connectivity index (χ1) is 11.1. The van der Waals surface area contributed by atoms with E-state index in [0.717, 1.165) is 19.3 Å². The Morgan fingerprint density at radius 3 is 2.57 bits per heavy atom. The van der Waals surface area contributed by atoms with Crippen LogP contribution in [0.3, 0.4) is 0 Å². The molecule has 0 radical (unpaired) electrons. The van der Waals surface area contributed by atoms with Crippen molar-refractivity contribution in [2.75, 3.05) is 7.05 Å². The highest BCUT2D eigenvalue weighted by Gasteiger charge is 2.24. The quantitative estimate of drug-likeness (QED) is 0.497. The third kappa shape index (κ3) is 5.21. The summed E-state index contributed by atoms with van der Waals surface area (Å²) in [6.07, 6.45) is 7.58. The van der Waals surface area contributed by atoms with E-state index < -0.39 is 0 Å². The second-order valence-corrected chi connectivity index (χ2v) is 5.76. The van der Waals surface area contributed by atoms with E-state index in [4.69, 9.17) is 4.74 Å². The van der Waals surface area contributed by atoms with Crippen LogP contribution in [0.5, 0.6) is 5.75 Å². The molecule has 1 aliphatic rings. The molecule has 2 rings (SSSR count). The molecule has 2 unspecified atom stereocenters. The molecule has 5 nitrogen and oxygen atoms in total. The zero-order chi connectivity index (χ0) is 16.7. The molecule has 0 spiro atoms. The summed E-state index contributed by atoms with van der Waals surface area (Å²) in [5, 5.41) is 6.32. The molecular formula is C18H24N2O3. The molecule has 1 aliphatic carbocycles. The molecule has 124 valence electrons. The fraction of sp³-hybridized carbons (Fsp3) is 0.444. The largest absolute Gasteiger partial charge is 0.426 e. The minimum absolute atomic E-state index is 0.130. The summed E-state index contributed by atoms with van der Waals surface area (Å²) in [4.78, 5) is 23.2. The SMILES string of the molecule is CNC1CCCCC1NC(=O)/C=C\c1ccccc1OC(C)=O. The van der Waals surface area contributed by atoms with Crippen molar-refractivity contribution in [3.63, 3.8) is 0 Å². The van der Waals surface area contributed by atoms with Crippen molar-refractivity contribution in [3.8, 4) is 5.75 Å². The van der Waals surface area contributed by atoms with Gasteiger partial charge in [0.15, 0.2) is 0 Å². The smallest absolute Gasteiger partial charge is 0.308 e. The Labute approximate surface area is 137 Å². The zero-order valence-corrected chi connectivity index (χ0v) is 13.7. The maximum atomic E-state index is 12.1. The van der Waals surface area contributed by atoms with Gasteiger partial charge in [0.2, 0.25) is 5.91 Å². The van der Waals surface area contributed by atoms with Crippen LogP contribution in [0, 0.1) is 0 Å². The van der Waals surface area contributed by atoms with Gasteiger partial charge < -0.3 is 15.4 Å². The predicted molar refractivity (Wildman–Crippen MR) is 90.0 cm³/mol. The maximum Gasteiger partial charge on any atom is 0.308 e. The van der Waals surface area contributed by atoms with Gasteiger partial charge in [-0.1, -0.05) is 31.0 Å². The van der Waals surface area contributed by atoms with Crippen LogP contribution >= 0.6 is 0 Å². The predicted octanol–water partition coefficient (Wildman–Crippen LogP) is 2.27. The molecule has 1 saturated carbocycles. The Balaban J connectivity index is 1.99. The molecule has 1 fully saturated rings. The summed E-state index contributed by atoms with van der Waals surface area (Å²) in [6, 6.07) is 7.62. The molecule has 1 aromatic carbocycles.